The standard InChI is InChI=1S/C14H20N4O/c1-12-4-6-15-10-13(12)11-18-8-7-17-14(18)16-5-3-9-19-2/h4,6-8,10H,3,5,9,11H2,1-2H3,(H,16,17). The highest BCUT2D eigenvalue weighted by Crippen LogP contribution is 2.11. The van der Waals surface area contributed by atoms with E-state index in [9.17, 15) is 0 Å². The van der Waals surface area contributed by atoms with Crippen LogP contribution < -0.4 is 5.32 Å². The zero-order valence-electron chi connectivity index (χ0n) is 11.5. The van der Waals surface area contributed by atoms with Gasteiger partial charge in [-0.05, 0) is 30.5 Å². The molecule has 2 aromatic rings. The van der Waals surface area contributed by atoms with Crippen LogP contribution in [0.5, 0.6) is 0 Å². The third kappa shape index (κ3) is 3.79. The molecule has 2 rings (SSSR count). The second-order valence-corrected chi connectivity index (χ2v) is 4.45. The Labute approximate surface area is 113 Å². The van der Waals surface area contributed by atoms with E-state index < -0.39 is 0 Å². The molecule has 5 heteroatoms. The van der Waals surface area contributed by atoms with Crippen molar-refractivity contribution in [2.75, 3.05) is 25.6 Å². The molecule has 0 fully saturated rings. The number of hydrogen-bond donors (Lipinski definition) is 1. The third-order valence-electron chi connectivity index (χ3n) is 3.01. The minimum Gasteiger partial charge on any atom is -0.385 e. The molecule has 0 saturated carbocycles. The summed E-state index contributed by atoms with van der Waals surface area (Å²) in [5, 5.41) is 3.32. The van der Waals surface area contributed by atoms with Crippen LogP contribution in [-0.2, 0) is 11.3 Å². The van der Waals surface area contributed by atoms with Gasteiger partial charge in [-0.15, -0.1) is 0 Å². The van der Waals surface area contributed by atoms with Crippen molar-refractivity contribution >= 4 is 5.95 Å². The van der Waals surface area contributed by atoms with Gasteiger partial charge in [0.25, 0.3) is 0 Å². The van der Waals surface area contributed by atoms with Gasteiger partial charge in [-0.25, -0.2) is 4.98 Å². The maximum Gasteiger partial charge on any atom is 0.203 e. The Morgan fingerprint density at radius 2 is 2.26 bits per heavy atom. The van der Waals surface area contributed by atoms with Crippen LogP contribution in [0.3, 0.4) is 0 Å². The van der Waals surface area contributed by atoms with Crippen molar-refractivity contribution in [2.45, 2.75) is 19.9 Å². The average molecular weight is 260 g/mol. The van der Waals surface area contributed by atoms with E-state index in [-0.39, 0.29) is 0 Å². The monoisotopic (exact) mass is 260 g/mol. The first kappa shape index (κ1) is 13.5. The Bertz CT molecular complexity index is 510. The smallest absolute Gasteiger partial charge is 0.203 e. The number of rotatable bonds is 7. The summed E-state index contributed by atoms with van der Waals surface area (Å²) in [7, 11) is 1.71. The van der Waals surface area contributed by atoms with E-state index in [4.69, 9.17) is 4.74 Å². The van der Waals surface area contributed by atoms with Gasteiger partial charge in [-0.3, -0.25) is 4.98 Å². The van der Waals surface area contributed by atoms with Crippen molar-refractivity contribution in [3.8, 4) is 0 Å². The molecule has 0 saturated heterocycles. The van der Waals surface area contributed by atoms with E-state index in [1.165, 1.54) is 11.1 Å². The van der Waals surface area contributed by atoms with Crippen molar-refractivity contribution in [2.24, 2.45) is 0 Å². The number of imidazole rings is 1. The van der Waals surface area contributed by atoms with Crippen LogP contribution in [0, 0.1) is 6.92 Å². The van der Waals surface area contributed by atoms with Gasteiger partial charge in [0.05, 0.1) is 6.54 Å². The van der Waals surface area contributed by atoms with Gasteiger partial charge in [-0.1, -0.05) is 0 Å². The molecule has 5 nitrogen and oxygen atoms in total. The van der Waals surface area contributed by atoms with Crippen molar-refractivity contribution < 1.29 is 4.74 Å². The number of hydrogen-bond acceptors (Lipinski definition) is 4. The van der Waals surface area contributed by atoms with Crippen molar-refractivity contribution in [1.29, 1.82) is 0 Å². The fourth-order valence-corrected chi connectivity index (χ4v) is 1.87. The molecule has 2 aromatic heterocycles. The number of methoxy groups -OCH3 is 1. The lowest BCUT2D eigenvalue weighted by molar-refractivity contribution is 0.197. The van der Waals surface area contributed by atoms with Crippen molar-refractivity contribution in [1.82, 2.24) is 14.5 Å². The lowest BCUT2D eigenvalue weighted by atomic mass is 10.1. The zero-order chi connectivity index (χ0) is 13.5. The van der Waals surface area contributed by atoms with E-state index in [0.717, 1.165) is 32.1 Å². The predicted octanol–water partition coefficient (Wildman–Crippen LogP) is 2.08. The summed E-state index contributed by atoms with van der Waals surface area (Å²) in [5.41, 5.74) is 2.45. The fraction of sp³-hybridized carbons (Fsp3) is 0.429. The first-order valence-electron chi connectivity index (χ1n) is 6.44. The molecule has 0 aliphatic carbocycles. The van der Waals surface area contributed by atoms with Crippen LogP contribution in [0.2, 0.25) is 0 Å². The van der Waals surface area contributed by atoms with E-state index in [2.05, 4.69) is 26.8 Å². The van der Waals surface area contributed by atoms with E-state index in [1.807, 2.05) is 30.9 Å². The lowest BCUT2D eigenvalue weighted by Crippen LogP contribution is -2.11. The second-order valence-electron chi connectivity index (χ2n) is 4.45. The first-order chi connectivity index (χ1) is 9.31. The number of aromatic nitrogens is 3. The van der Waals surface area contributed by atoms with Crippen molar-refractivity contribution in [3.05, 3.63) is 42.0 Å². The number of nitrogens with one attached hydrogen (secondary N) is 1. The van der Waals surface area contributed by atoms with Crippen LogP contribution in [0.25, 0.3) is 0 Å². The number of nitrogens with zero attached hydrogens (tertiary/aromatic N) is 3. The molecule has 0 amide bonds. The average Bonchev–Trinajstić information content (AvgIpc) is 2.85. The highest BCUT2D eigenvalue weighted by molar-refractivity contribution is 5.29. The van der Waals surface area contributed by atoms with Crippen molar-refractivity contribution in [3.63, 3.8) is 0 Å². The normalized spacial score (nSPS) is 10.6. The number of aryl methyl sites for hydroxylation is 1. The summed E-state index contributed by atoms with van der Waals surface area (Å²) in [6.45, 7) is 4.50. The molecule has 0 radical (unpaired) electrons. The maximum absolute atomic E-state index is 5.03. The van der Waals surface area contributed by atoms with Crippen LogP contribution in [0.4, 0.5) is 5.95 Å². The molecular weight excluding hydrogens is 240 g/mol. The molecule has 2 heterocycles. The predicted molar refractivity (Wildman–Crippen MR) is 75.3 cm³/mol. The summed E-state index contributed by atoms with van der Waals surface area (Å²) in [5.74, 6) is 0.888. The number of ether oxygens (including phenoxy) is 1. The molecular formula is C14H20N4O. The highest BCUT2D eigenvalue weighted by atomic mass is 16.5. The molecule has 0 bridgehead atoms. The molecule has 1 N–H and O–H groups in total. The van der Waals surface area contributed by atoms with Gasteiger partial charge in [0.2, 0.25) is 5.95 Å². The molecule has 0 spiro atoms. The summed E-state index contributed by atoms with van der Waals surface area (Å²) in [6.07, 6.45) is 8.48. The topological polar surface area (TPSA) is 52.0 Å². The molecule has 0 aliphatic rings. The molecule has 0 unspecified atom stereocenters. The summed E-state index contributed by atoms with van der Waals surface area (Å²) in [6, 6.07) is 2.03. The Hall–Kier alpha value is -1.88. The Balaban J connectivity index is 1.98. The fourth-order valence-electron chi connectivity index (χ4n) is 1.87. The van der Waals surface area contributed by atoms with Crippen LogP contribution in [0.15, 0.2) is 30.9 Å². The Morgan fingerprint density at radius 1 is 1.37 bits per heavy atom. The molecule has 102 valence electrons. The van der Waals surface area contributed by atoms with E-state index in [1.54, 1.807) is 7.11 Å². The van der Waals surface area contributed by atoms with E-state index >= 15 is 0 Å². The highest BCUT2D eigenvalue weighted by Gasteiger charge is 2.04. The largest absolute Gasteiger partial charge is 0.385 e. The van der Waals surface area contributed by atoms with Crippen LogP contribution in [-0.4, -0.2) is 34.8 Å². The van der Waals surface area contributed by atoms with Gasteiger partial charge >= 0.3 is 0 Å². The first-order valence-corrected chi connectivity index (χ1v) is 6.44. The zero-order valence-corrected chi connectivity index (χ0v) is 11.5. The minimum atomic E-state index is 0.759. The van der Waals surface area contributed by atoms with Gasteiger partial charge < -0.3 is 14.6 Å². The molecule has 19 heavy (non-hydrogen) atoms. The number of anilines is 1. The lowest BCUT2D eigenvalue weighted by Gasteiger charge is -2.11. The molecule has 0 atom stereocenters. The third-order valence-corrected chi connectivity index (χ3v) is 3.01. The van der Waals surface area contributed by atoms with Gasteiger partial charge in [0, 0.05) is 45.0 Å². The SMILES string of the molecule is COCCCNc1nccn1Cc1cnccc1C. The van der Waals surface area contributed by atoms with Crippen LogP contribution in [0.1, 0.15) is 17.5 Å². The molecule has 0 aliphatic heterocycles. The summed E-state index contributed by atoms with van der Waals surface area (Å²) >= 11 is 0. The quantitative estimate of drug-likeness (QED) is 0.774. The Kier molecular flexibility index (Phi) is 4.92. The van der Waals surface area contributed by atoms with Gasteiger partial charge in [0.1, 0.15) is 0 Å². The number of pyridine rings is 1. The van der Waals surface area contributed by atoms with Gasteiger partial charge in [0.15, 0.2) is 0 Å². The summed E-state index contributed by atoms with van der Waals surface area (Å²) < 4.78 is 7.12. The Morgan fingerprint density at radius 3 is 3.05 bits per heavy atom. The van der Waals surface area contributed by atoms with Crippen LogP contribution >= 0.6 is 0 Å². The second kappa shape index (κ2) is 6.89. The maximum atomic E-state index is 5.03. The van der Waals surface area contributed by atoms with E-state index in [0.29, 0.717) is 0 Å². The minimum absolute atomic E-state index is 0.759. The molecule has 0 aromatic carbocycles. The van der Waals surface area contributed by atoms with Gasteiger partial charge in [-0.2, -0.15) is 0 Å². The summed E-state index contributed by atoms with van der Waals surface area (Å²) in [4.78, 5) is 8.50.